The van der Waals surface area contributed by atoms with Crippen LogP contribution in [0.15, 0.2) is 52.6 Å². The number of carbonyl (C=O) groups excluding carboxylic acids is 1. The normalized spacial score (nSPS) is 11.1. The molecule has 0 saturated carbocycles. The Kier molecular flexibility index (Phi) is 5.50. The summed E-state index contributed by atoms with van der Waals surface area (Å²) in [5.41, 5.74) is 1.52. The van der Waals surface area contributed by atoms with E-state index < -0.39 is 0 Å². The Bertz CT molecular complexity index is 1200. The number of aromatic nitrogens is 4. The first-order valence-corrected chi connectivity index (χ1v) is 9.90. The monoisotopic (exact) mass is 409 g/mol. The highest BCUT2D eigenvalue weighted by atomic mass is 32.1. The van der Waals surface area contributed by atoms with Crippen molar-refractivity contribution in [1.29, 1.82) is 0 Å². The van der Waals surface area contributed by atoms with E-state index in [2.05, 4.69) is 20.6 Å². The van der Waals surface area contributed by atoms with E-state index >= 15 is 0 Å². The zero-order chi connectivity index (χ0) is 20.2. The van der Waals surface area contributed by atoms with Crippen molar-refractivity contribution in [1.82, 2.24) is 25.3 Å². The molecule has 2 N–H and O–H groups in total. The summed E-state index contributed by atoms with van der Waals surface area (Å²) in [6.07, 6.45) is 0. The van der Waals surface area contributed by atoms with Crippen molar-refractivity contribution in [2.24, 2.45) is 0 Å². The minimum absolute atomic E-state index is 0.174. The van der Waals surface area contributed by atoms with Crippen LogP contribution in [0, 0.1) is 0 Å². The molecule has 0 unspecified atom stereocenters. The number of fused-ring (bicyclic) bond motifs is 1. The molecule has 4 aromatic rings. The fourth-order valence-electron chi connectivity index (χ4n) is 3.02. The molecule has 3 heterocycles. The van der Waals surface area contributed by atoms with Gasteiger partial charge in [0.15, 0.2) is 5.69 Å². The maximum atomic E-state index is 12.6. The molecule has 0 aliphatic heterocycles. The molecular formula is C20H19N5O3S. The summed E-state index contributed by atoms with van der Waals surface area (Å²) < 4.78 is 6.43. The van der Waals surface area contributed by atoms with Gasteiger partial charge in [-0.1, -0.05) is 24.3 Å². The summed E-state index contributed by atoms with van der Waals surface area (Å²) in [5, 5.41) is 17.5. The van der Waals surface area contributed by atoms with E-state index in [0.29, 0.717) is 35.3 Å². The molecule has 3 aromatic heterocycles. The van der Waals surface area contributed by atoms with Crippen LogP contribution < -0.4 is 10.9 Å². The zero-order valence-electron chi connectivity index (χ0n) is 15.7. The number of ether oxygens (including phenoxy) is 1. The highest BCUT2D eigenvalue weighted by Crippen LogP contribution is 2.23. The third-order valence-corrected chi connectivity index (χ3v) is 5.37. The minimum Gasteiger partial charge on any atom is -0.383 e. The smallest absolute Gasteiger partial charge is 0.274 e. The van der Waals surface area contributed by atoms with Gasteiger partial charge < -0.3 is 10.1 Å². The van der Waals surface area contributed by atoms with Crippen molar-refractivity contribution in [3.8, 4) is 10.6 Å². The second-order valence-corrected chi connectivity index (χ2v) is 7.29. The SMILES string of the molecule is COCCn1nc(CNC(=O)c2cc(-c3cccs3)[nH]n2)c2ccccc2c1=O. The van der Waals surface area contributed by atoms with Crippen LogP contribution in [-0.4, -0.2) is 39.6 Å². The van der Waals surface area contributed by atoms with Crippen molar-refractivity contribution in [3.05, 3.63) is 69.6 Å². The predicted molar refractivity (Wildman–Crippen MR) is 111 cm³/mol. The summed E-state index contributed by atoms with van der Waals surface area (Å²) in [4.78, 5) is 26.2. The first kappa shape index (κ1) is 19.0. The number of hydrogen-bond acceptors (Lipinski definition) is 6. The Hall–Kier alpha value is -3.30. The topological polar surface area (TPSA) is 102 Å². The molecule has 9 heteroatoms. The van der Waals surface area contributed by atoms with Crippen LogP contribution in [0.4, 0.5) is 0 Å². The van der Waals surface area contributed by atoms with E-state index in [9.17, 15) is 9.59 Å². The second kappa shape index (κ2) is 8.38. The molecular weight excluding hydrogens is 390 g/mol. The van der Waals surface area contributed by atoms with Gasteiger partial charge in [0.2, 0.25) is 0 Å². The summed E-state index contributed by atoms with van der Waals surface area (Å²) in [6, 6.07) is 12.9. The van der Waals surface area contributed by atoms with Crippen LogP contribution in [-0.2, 0) is 17.8 Å². The van der Waals surface area contributed by atoms with Crippen molar-refractivity contribution in [2.45, 2.75) is 13.1 Å². The van der Waals surface area contributed by atoms with Crippen molar-refractivity contribution in [3.63, 3.8) is 0 Å². The molecule has 0 radical (unpaired) electrons. The number of benzene rings is 1. The lowest BCUT2D eigenvalue weighted by Gasteiger charge is -2.11. The van der Waals surface area contributed by atoms with Crippen LogP contribution in [0.1, 0.15) is 16.2 Å². The molecule has 8 nitrogen and oxygen atoms in total. The lowest BCUT2D eigenvalue weighted by Crippen LogP contribution is -2.29. The van der Waals surface area contributed by atoms with E-state index in [4.69, 9.17) is 4.74 Å². The molecule has 29 heavy (non-hydrogen) atoms. The van der Waals surface area contributed by atoms with Crippen LogP contribution >= 0.6 is 11.3 Å². The van der Waals surface area contributed by atoms with Gasteiger partial charge in [-0.25, -0.2) is 4.68 Å². The number of amides is 1. The minimum atomic E-state index is -0.315. The number of nitrogens with zero attached hydrogens (tertiary/aromatic N) is 3. The van der Waals surface area contributed by atoms with E-state index in [1.54, 1.807) is 30.6 Å². The molecule has 0 aliphatic carbocycles. The van der Waals surface area contributed by atoms with Gasteiger partial charge in [0.25, 0.3) is 11.5 Å². The number of H-pyrrole nitrogens is 1. The lowest BCUT2D eigenvalue weighted by atomic mass is 10.1. The molecule has 0 aliphatic rings. The van der Waals surface area contributed by atoms with Crippen LogP contribution in [0.5, 0.6) is 0 Å². The molecule has 0 spiro atoms. The number of methoxy groups -OCH3 is 1. The van der Waals surface area contributed by atoms with Gasteiger partial charge in [-0.2, -0.15) is 10.2 Å². The average molecular weight is 409 g/mol. The molecule has 1 amide bonds. The zero-order valence-corrected chi connectivity index (χ0v) is 16.5. The van der Waals surface area contributed by atoms with Crippen LogP contribution in [0.3, 0.4) is 0 Å². The quantitative estimate of drug-likeness (QED) is 0.488. The Morgan fingerprint density at radius 3 is 2.83 bits per heavy atom. The molecule has 4 rings (SSSR count). The highest BCUT2D eigenvalue weighted by molar-refractivity contribution is 7.13. The Morgan fingerprint density at radius 1 is 1.24 bits per heavy atom. The molecule has 0 bridgehead atoms. The van der Waals surface area contributed by atoms with Gasteiger partial charge in [0.1, 0.15) is 0 Å². The first-order chi connectivity index (χ1) is 14.2. The standard InChI is InChI=1S/C20H19N5O3S/c1-28-9-8-25-20(27)14-6-3-2-5-13(14)17(24-25)12-21-19(26)16-11-15(22-23-16)18-7-4-10-29-18/h2-7,10-11H,8-9,12H2,1H3,(H,21,26)(H,22,23). The van der Waals surface area contributed by atoms with Crippen LogP contribution in [0.2, 0.25) is 0 Å². The Balaban J connectivity index is 1.57. The van der Waals surface area contributed by atoms with Gasteiger partial charge in [-0.05, 0) is 23.6 Å². The van der Waals surface area contributed by atoms with Crippen molar-refractivity contribution < 1.29 is 9.53 Å². The third-order valence-electron chi connectivity index (χ3n) is 4.46. The number of nitrogens with one attached hydrogen (secondary N) is 2. The maximum absolute atomic E-state index is 12.6. The summed E-state index contributed by atoms with van der Waals surface area (Å²) in [6.45, 7) is 0.883. The van der Waals surface area contributed by atoms with Gasteiger partial charge in [-0.3, -0.25) is 14.7 Å². The van der Waals surface area contributed by atoms with E-state index in [0.717, 1.165) is 10.6 Å². The van der Waals surface area contributed by atoms with Gasteiger partial charge >= 0.3 is 0 Å². The fourth-order valence-corrected chi connectivity index (χ4v) is 3.71. The summed E-state index contributed by atoms with van der Waals surface area (Å²) in [7, 11) is 1.57. The first-order valence-electron chi connectivity index (χ1n) is 9.02. The molecule has 1 aromatic carbocycles. The molecule has 148 valence electrons. The van der Waals surface area contributed by atoms with E-state index in [1.807, 2.05) is 35.7 Å². The summed E-state index contributed by atoms with van der Waals surface area (Å²) in [5.74, 6) is -0.315. The van der Waals surface area contributed by atoms with Crippen molar-refractivity contribution in [2.75, 3.05) is 13.7 Å². The third kappa shape index (κ3) is 3.96. The van der Waals surface area contributed by atoms with Gasteiger partial charge in [0.05, 0.1) is 41.3 Å². The van der Waals surface area contributed by atoms with E-state index in [1.165, 1.54) is 4.68 Å². The molecule has 0 atom stereocenters. The Morgan fingerprint density at radius 2 is 2.07 bits per heavy atom. The Labute approximate surface area is 170 Å². The average Bonchev–Trinajstić information content (AvgIpc) is 3.44. The molecule has 0 fully saturated rings. The van der Waals surface area contributed by atoms with E-state index in [-0.39, 0.29) is 18.0 Å². The number of aromatic amines is 1. The lowest BCUT2D eigenvalue weighted by molar-refractivity contribution is 0.0945. The largest absolute Gasteiger partial charge is 0.383 e. The maximum Gasteiger partial charge on any atom is 0.274 e. The van der Waals surface area contributed by atoms with Gasteiger partial charge in [0, 0.05) is 12.5 Å². The summed E-state index contributed by atoms with van der Waals surface area (Å²) >= 11 is 1.57. The highest BCUT2D eigenvalue weighted by Gasteiger charge is 2.14. The number of thiophene rings is 1. The van der Waals surface area contributed by atoms with Gasteiger partial charge in [-0.15, -0.1) is 11.3 Å². The van der Waals surface area contributed by atoms with Crippen molar-refractivity contribution >= 4 is 28.0 Å². The number of hydrogen-bond donors (Lipinski definition) is 2. The fraction of sp³-hybridized carbons (Fsp3) is 0.200. The van der Waals surface area contributed by atoms with Crippen LogP contribution in [0.25, 0.3) is 21.3 Å². The molecule has 0 saturated heterocycles. The second-order valence-electron chi connectivity index (χ2n) is 6.34. The predicted octanol–water partition coefficient (Wildman–Crippen LogP) is 2.42. The number of carbonyl (C=O) groups is 1. The number of rotatable bonds is 7.